The minimum atomic E-state index is 0.585. The number of nitrogens with one attached hydrogen (secondary N) is 1. The Morgan fingerprint density at radius 3 is 2.68 bits per heavy atom. The highest BCUT2D eigenvalue weighted by molar-refractivity contribution is 7.71. The van der Waals surface area contributed by atoms with Crippen LogP contribution in [0, 0.1) is 16.6 Å². The van der Waals surface area contributed by atoms with E-state index < -0.39 is 0 Å². The molecular formula is C15H22N2OS. The standard InChI is InChI=1S/C15H22N2OS/c1-5-18-13-8-6-7-12-14(13)16-15(19)17(12)9-11(4)10(2)3/h6-8,10-11H,5,9H2,1-4H3,(H,16,19). The fourth-order valence-electron chi connectivity index (χ4n) is 2.11. The molecule has 0 saturated heterocycles. The second-order valence-electron chi connectivity index (χ2n) is 5.35. The van der Waals surface area contributed by atoms with E-state index in [4.69, 9.17) is 17.0 Å². The van der Waals surface area contributed by atoms with Crippen molar-refractivity contribution in [1.82, 2.24) is 9.55 Å². The monoisotopic (exact) mass is 278 g/mol. The van der Waals surface area contributed by atoms with Gasteiger partial charge in [-0.3, -0.25) is 0 Å². The van der Waals surface area contributed by atoms with Crippen LogP contribution in [0.15, 0.2) is 18.2 Å². The zero-order valence-corrected chi connectivity index (χ0v) is 12.9. The van der Waals surface area contributed by atoms with E-state index in [1.165, 1.54) is 0 Å². The highest BCUT2D eigenvalue weighted by Crippen LogP contribution is 2.26. The molecule has 0 saturated carbocycles. The molecule has 0 aliphatic rings. The van der Waals surface area contributed by atoms with Crippen LogP contribution in [0.25, 0.3) is 11.0 Å². The van der Waals surface area contributed by atoms with E-state index in [0.717, 1.165) is 28.1 Å². The summed E-state index contributed by atoms with van der Waals surface area (Å²) in [6.45, 7) is 10.3. The molecule has 2 aromatic rings. The zero-order chi connectivity index (χ0) is 14.0. The summed E-state index contributed by atoms with van der Waals surface area (Å²) in [7, 11) is 0. The third-order valence-corrected chi connectivity index (χ3v) is 4.00. The quantitative estimate of drug-likeness (QED) is 0.822. The van der Waals surface area contributed by atoms with Gasteiger partial charge in [0.1, 0.15) is 11.3 Å². The number of imidazole rings is 1. The molecule has 0 fully saturated rings. The van der Waals surface area contributed by atoms with Crippen LogP contribution in [0.4, 0.5) is 0 Å². The first kappa shape index (κ1) is 14.1. The van der Waals surface area contributed by atoms with Crippen molar-refractivity contribution >= 4 is 23.3 Å². The molecule has 1 N–H and O–H groups in total. The SMILES string of the molecule is CCOc1cccc2c1[nH]c(=S)n2CC(C)C(C)C. The number of fused-ring (bicyclic) bond motifs is 1. The van der Waals surface area contributed by atoms with Crippen molar-refractivity contribution in [1.29, 1.82) is 0 Å². The number of rotatable bonds is 5. The summed E-state index contributed by atoms with van der Waals surface area (Å²) >= 11 is 5.45. The maximum absolute atomic E-state index is 5.65. The average Bonchev–Trinajstić information content (AvgIpc) is 2.68. The van der Waals surface area contributed by atoms with Gasteiger partial charge in [-0.05, 0) is 43.1 Å². The lowest BCUT2D eigenvalue weighted by atomic mass is 9.98. The molecule has 0 aliphatic carbocycles. The fourth-order valence-corrected chi connectivity index (χ4v) is 2.38. The number of para-hydroxylation sites is 1. The predicted molar refractivity (Wildman–Crippen MR) is 82.3 cm³/mol. The second-order valence-corrected chi connectivity index (χ2v) is 5.73. The van der Waals surface area contributed by atoms with E-state index in [1.54, 1.807) is 0 Å². The molecule has 0 spiro atoms. The van der Waals surface area contributed by atoms with E-state index in [9.17, 15) is 0 Å². The van der Waals surface area contributed by atoms with Crippen LogP contribution in [-0.4, -0.2) is 16.2 Å². The topological polar surface area (TPSA) is 29.9 Å². The number of benzene rings is 1. The van der Waals surface area contributed by atoms with Crippen LogP contribution in [-0.2, 0) is 6.54 Å². The minimum Gasteiger partial charge on any atom is -0.492 e. The summed E-state index contributed by atoms with van der Waals surface area (Å²) in [4.78, 5) is 3.28. The molecule has 4 heteroatoms. The van der Waals surface area contributed by atoms with Crippen molar-refractivity contribution in [3.05, 3.63) is 23.0 Å². The summed E-state index contributed by atoms with van der Waals surface area (Å²) in [5, 5.41) is 0. The highest BCUT2D eigenvalue weighted by Gasteiger charge is 2.13. The first-order valence-electron chi connectivity index (χ1n) is 6.89. The van der Waals surface area contributed by atoms with Gasteiger partial charge in [-0.1, -0.05) is 26.8 Å². The summed E-state index contributed by atoms with van der Waals surface area (Å²) in [5.74, 6) is 2.10. The lowest BCUT2D eigenvalue weighted by Gasteiger charge is -2.16. The van der Waals surface area contributed by atoms with Crippen LogP contribution < -0.4 is 4.74 Å². The molecule has 0 aliphatic heterocycles. The van der Waals surface area contributed by atoms with E-state index in [2.05, 4.69) is 36.4 Å². The number of hydrogen-bond donors (Lipinski definition) is 1. The largest absolute Gasteiger partial charge is 0.492 e. The number of aromatic nitrogens is 2. The van der Waals surface area contributed by atoms with Gasteiger partial charge in [-0.25, -0.2) is 0 Å². The van der Waals surface area contributed by atoms with Crippen LogP contribution in [0.1, 0.15) is 27.7 Å². The molecule has 0 radical (unpaired) electrons. The minimum absolute atomic E-state index is 0.585. The molecule has 1 atom stereocenters. The zero-order valence-electron chi connectivity index (χ0n) is 12.1. The summed E-state index contributed by atoms with van der Waals surface area (Å²) < 4.78 is 8.60. The summed E-state index contributed by atoms with van der Waals surface area (Å²) in [6.07, 6.45) is 0. The van der Waals surface area contributed by atoms with E-state index in [1.807, 2.05) is 19.1 Å². The molecule has 0 amide bonds. The van der Waals surface area contributed by atoms with Gasteiger partial charge in [0.15, 0.2) is 4.77 Å². The van der Waals surface area contributed by atoms with Gasteiger partial charge in [-0.15, -0.1) is 0 Å². The number of ether oxygens (including phenoxy) is 1. The molecule has 1 heterocycles. The maximum Gasteiger partial charge on any atom is 0.178 e. The van der Waals surface area contributed by atoms with Crippen LogP contribution in [0.2, 0.25) is 0 Å². The molecule has 1 unspecified atom stereocenters. The number of H-pyrrole nitrogens is 1. The maximum atomic E-state index is 5.65. The van der Waals surface area contributed by atoms with Gasteiger partial charge in [-0.2, -0.15) is 0 Å². The van der Waals surface area contributed by atoms with Gasteiger partial charge < -0.3 is 14.3 Å². The molecule has 0 bridgehead atoms. The van der Waals surface area contributed by atoms with E-state index >= 15 is 0 Å². The number of nitrogens with zero attached hydrogens (tertiary/aromatic N) is 1. The Hall–Kier alpha value is -1.29. The third-order valence-electron chi connectivity index (χ3n) is 3.68. The fraction of sp³-hybridized carbons (Fsp3) is 0.533. The molecule has 2 rings (SSSR count). The van der Waals surface area contributed by atoms with Crippen LogP contribution in [0.3, 0.4) is 0 Å². The van der Waals surface area contributed by atoms with Crippen molar-refractivity contribution in [2.75, 3.05) is 6.61 Å². The average molecular weight is 278 g/mol. The Kier molecular flexibility index (Phi) is 4.30. The smallest absolute Gasteiger partial charge is 0.178 e. The van der Waals surface area contributed by atoms with Crippen molar-refractivity contribution in [2.24, 2.45) is 11.8 Å². The second kappa shape index (κ2) is 5.78. The first-order chi connectivity index (χ1) is 9.04. The lowest BCUT2D eigenvalue weighted by Crippen LogP contribution is -2.13. The van der Waals surface area contributed by atoms with E-state index in [-0.39, 0.29) is 0 Å². The molecular weight excluding hydrogens is 256 g/mol. The molecule has 3 nitrogen and oxygen atoms in total. The van der Waals surface area contributed by atoms with Gasteiger partial charge in [0.2, 0.25) is 0 Å². The summed E-state index contributed by atoms with van der Waals surface area (Å²) in [6, 6.07) is 6.09. The Bertz CT molecular complexity index is 612. The van der Waals surface area contributed by atoms with Crippen molar-refractivity contribution in [3.8, 4) is 5.75 Å². The van der Waals surface area contributed by atoms with Crippen molar-refractivity contribution < 1.29 is 4.74 Å². The Morgan fingerprint density at radius 2 is 2.05 bits per heavy atom. The predicted octanol–water partition coefficient (Wildman–Crippen LogP) is 4.39. The lowest BCUT2D eigenvalue weighted by molar-refractivity contribution is 0.343. The molecule has 1 aromatic heterocycles. The Morgan fingerprint density at radius 1 is 1.32 bits per heavy atom. The van der Waals surface area contributed by atoms with Gasteiger partial charge in [0.05, 0.1) is 12.1 Å². The summed E-state index contributed by atoms with van der Waals surface area (Å²) in [5.41, 5.74) is 2.13. The first-order valence-corrected chi connectivity index (χ1v) is 7.29. The normalized spacial score (nSPS) is 13.1. The molecule has 104 valence electrons. The van der Waals surface area contributed by atoms with Gasteiger partial charge in [0, 0.05) is 6.54 Å². The number of hydrogen-bond acceptors (Lipinski definition) is 2. The Balaban J connectivity index is 2.48. The third kappa shape index (κ3) is 2.84. The number of aromatic amines is 1. The highest BCUT2D eigenvalue weighted by atomic mass is 32.1. The Labute approximate surface area is 119 Å². The van der Waals surface area contributed by atoms with Gasteiger partial charge >= 0.3 is 0 Å². The van der Waals surface area contributed by atoms with Crippen molar-refractivity contribution in [3.63, 3.8) is 0 Å². The molecule has 1 aromatic carbocycles. The van der Waals surface area contributed by atoms with Gasteiger partial charge in [0.25, 0.3) is 0 Å². The molecule has 19 heavy (non-hydrogen) atoms. The van der Waals surface area contributed by atoms with Crippen LogP contribution in [0.5, 0.6) is 5.75 Å². The van der Waals surface area contributed by atoms with Crippen LogP contribution >= 0.6 is 12.2 Å². The van der Waals surface area contributed by atoms with E-state index in [0.29, 0.717) is 18.4 Å². The van der Waals surface area contributed by atoms with Crippen molar-refractivity contribution in [2.45, 2.75) is 34.2 Å².